The first-order valence-corrected chi connectivity index (χ1v) is 6.15. The molecule has 0 aliphatic carbocycles. The lowest BCUT2D eigenvalue weighted by atomic mass is 10.0. The number of nitrogens with zero attached hydrogens (tertiary/aromatic N) is 1. The van der Waals surface area contributed by atoms with E-state index in [0.717, 1.165) is 5.02 Å². The Morgan fingerprint density at radius 3 is 2.47 bits per heavy atom. The van der Waals surface area contributed by atoms with Crippen molar-refractivity contribution in [1.82, 2.24) is 4.90 Å². The van der Waals surface area contributed by atoms with E-state index in [4.69, 9.17) is 11.6 Å². The van der Waals surface area contributed by atoms with Crippen LogP contribution in [0.4, 0.5) is 0 Å². The fraction of sp³-hybridized carbons (Fsp3) is 0.538. The summed E-state index contributed by atoms with van der Waals surface area (Å²) in [6.45, 7) is 4.69. The van der Waals surface area contributed by atoms with Gasteiger partial charge in [-0.1, -0.05) is 36.2 Å². The molecule has 1 unspecified atom stereocenters. The van der Waals surface area contributed by atoms with Crippen LogP contribution < -0.4 is 0 Å². The van der Waals surface area contributed by atoms with Crippen molar-refractivity contribution in [1.29, 1.82) is 0 Å². The predicted molar refractivity (Wildman–Crippen MR) is 65.3 cm³/mol. The number of halogens is 1. The van der Waals surface area contributed by atoms with Gasteiger partial charge in [0.25, 0.3) is 0 Å². The zero-order valence-corrected chi connectivity index (χ0v) is 10.0. The highest BCUT2D eigenvalue weighted by Gasteiger charge is 2.19. The molecule has 1 heterocycles. The summed E-state index contributed by atoms with van der Waals surface area (Å²) < 4.78 is 0. The Morgan fingerprint density at radius 2 is 1.80 bits per heavy atom. The first-order chi connectivity index (χ1) is 7.29. The Kier molecular flexibility index (Phi) is 3.66. The summed E-state index contributed by atoms with van der Waals surface area (Å²) in [5.41, 5.74) is 1.26. The Hall–Kier alpha value is -0.530. The monoisotopic (exact) mass is 223 g/mol. The van der Waals surface area contributed by atoms with E-state index in [1.54, 1.807) is 0 Å². The lowest BCUT2D eigenvalue weighted by molar-refractivity contribution is 0.175. The van der Waals surface area contributed by atoms with Crippen molar-refractivity contribution in [2.45, 2.75) is 32.2 Å². The smallest absolute Gasteiger partial charge is 0.0453 e. The van der Waals surface area contributed by atoms with Crippen molar-refractivity contribution in [2.24, 2.45) is 0 Å². The van der Waals surface area contributed by atoms with E-state index in [0.29, 0.717) is 6.04 Å². The van der Waals surface area contributed by atoms with E-state index in [1.807, 2.05) is 12.1 Å². The van der Waals surface area contributed by atoms with Crippen LogP contribution in [-0.2, 0) is 0 Å². The van der Waals surface area contributed by atoms with Gasteiger partial charge in [-0.2, -0.15) is 0 Å². The van der Waals surface area contributed by atoms with Crippen LogP contribution in [0.1, 0.15) is 37.8 Å². The summed E-state index contributed by atoms with van der Waals surface area (Å²) in [7, 11) is 0. The van der Waals surface area contributed by atoms with Crippen LogP contribution in [0.5, 0.6) is 0 Å². The summed E-state index contributed by atoms with van der Waals surface area (Å²) in [5, 5.41) is 0.899. The summed E-state index contributed by atoms with van der Waals surface area (Å²) >= 11 is 6.21. The molecule has 2 heteroatoms. The maximum absolute atomic E-state index is 6.21. The fourth-order valence-corrected chi connectivity index (χ4v) is 2.61. The van der Waals surface area contributed by atoms with Crippen molar-refractivity contribution < 1.29 is 0 Å². The largest absolute Gasteiger partial charge is 0.297 e. The molecule has 2 rings (SSSR count). The zero-order chi connectivity index (χ0) is 10.7. The minimum atomic E-state index is 0.457. The molecule has 0 spiro atoms. The van der Waals surface area contributed by atoms with Gasteiger partial charge in [0, 0.05) is 11.1 Å². The molecule has 0 aromatic heterocycles. The Labute approximate surface area is 97.0 Å². The van der Waals surface area contributed by atoms with Crippen molar-refractivity contribution in [2.75, 3.05) is 13.1 Å². The number of likely N-dealkylation sites (tertiary alicyclic amines) is 1. The second kappa shape index (κ2) is 5.00. The van der Waals surface area contributed by atoms with Crippen LogP contribution in [0.2, 0.25) is 5.02 Å². The molecule has 1 nitrogen and oxygen atoms in total. The Bertz CT molecular complexity index is 318. The molecule has 0 radical (unpaired) electrons. The maximum atomic E-state index is 6.21. The van der Waals surface area contributed by atoms with Gasteiger partial charge in [0.2, 0.25) is 0 Å². The first-order valence-electron chi connectivity index (χ1n) is 5.77. The second-order valence-electron chi connectivity index (χ2n) is 4.29. The molecule has 1 saturated heterocycles. The highest BCUT2D eigenvalue weighted by Crippen LogP contribution is 2.28. The lowest BCUT2D eigenvalue weighted by Gasteiger charge is -2.32. The second-order valence-corrected chi connectivity index (χ2v) is 4.70. The Morgan fingerprint density at radius 1 is 1.13 bits per heavy atom. The van der Waals surface area contributed by atoms with Crippen molar-refractivity contribution in [3.05, 3.63) is 34.9 Å². The molecule has 1 aromatic rings. The molecule has 1 fully saturated rings. The topological polar surface area (TPSA) is 3.24 Å². The van der Waals surface area contributed by atoms with Gasteiger partial charge in [0.15, 0.2) is 0 Å². The van der Waals surface area contributed by atoms with Crippen LogP contribution in [0.3, 0.4) is 0 Å². The third kappa shape index (κ3) is 2.53. The van der Waals surface area contributed by atoms with E-state index < -0.39 is 0 Å². The number of benzene rings is 1. The van der Waals surface area contributed by atoms with E-state index in [1.165, 1.54) is 37.9 Å². The van der Waals surface area contributed by atoms with Gasteiger partial charge in [0.05, 0.1) is 0 Å². The normalized spacial score (nSPS) is 20.1. The van der Waals surface area contributed by atoms with Gasteiger partial charge in [-0.05, 0) is 44.5 Å². The minimum absolute atomic E-state index is 0.457. The molecular formula is C13H18ClN. The molecule has 0 N–H and O–H groups in total. The van der Waals surface area contributed by atoms with E-state index in [-0.39, 0.29) is 0 Å². The van der Waals surface area contributed by atoms with E-state index >= 15 is 0 Å². The highest BCUT2D eigenvalue weighted by atomic mass is 35.5. The lowest BCUT2D eigenvalue weighted by Crippen LogP contribution is -2.32. The van der Waals surface area contributed by atoms with Gasteiger partial charge in [-0.15, -0.1) is 0 Å². The average Bonchev–Trinajstić information content (AvgIpc) is 2.30. The Balaban J connectivity index is 2.12. The molecule has 1 aliphatic heterocycles. The van der Waals surface area contributed by atoms with Crippen molar-refractivity contribution in [3.8, 4) is 0 Å². The van der Waals surface area contributed by atoms with Gasteiger partial charge in [-0.3, -0.25) is 4.90 Å². The maximum Gasteiger partial charge on any atom is 0.0453 e. The molecule has 1 aromatic carbocycles. The molecule has 82 valence electrons. The van der Waals surface area contributed by atoms with Gasteiger partial charge in [-0.25, -0.2) is 0 Å². The number of rotatable bonds is 2. The van der Waals surface area contributed by atoms with Gasteiger partial charge in [0.1, 0.15) is 0 Å². The standard InChI is InChI=1S/C13H18ClN/c1-11(15-9-5-2-6-10-15)12-7-3-4-8-13(12)14/h3-4,7-8,11H,2,5-6,9-10H2,1H3. The van der Waals surface area contributed by atoms with Crippen LogP contribution in [0, 0.1) is 0 Å². The van der Waals surface area contributed by atoms with Crippen LogP contribution in [0.25, 0.3) is 0 Å². The summed E-state index contributed by atoms with van der Waals surface area (Å²) in [5.74, 6) is 0. The first kappa shape index (κ1) is 11.0. The summed E-state index contributed by atoms with van der Waals surface area (Å²) in [6, 6.07) is 8.65. The number of piperidine rings is 1. The number of hydrogen-bond donors (Lipinski definition) is 0. The molecule has 1 atom stereocenters. The van der Waals surface area contributed by atoms with Crippen molar-refractivity contribution >= 4 is 11.6 Å². The van der Waals surface area contributed by atoms with Crippen LogP contribution in [0.15, 0.2) is 24.3 Å². The third-order valence-electron chi connectivity index (χ3n) is 3.29. The fourth-order valence-electron chi connectivity index (χ4n) is 2.32. The van der Waals surface area contributed by atoms with E-state index in [2.05, 4.69) is 24.0 Å². The summed E-state index contributed by atoms with van der Waals surface area (Å²) in [6.07, 6.45) is 4.04. The highest BCUT2D eigenvalue weighted by molar-refractivity contribution is 6.31. The van der Waals surface area contributed by atoms with E-state index in [9.17, 15) is 0 Å². The molecule has 1 aliphatic rings. The predicted octanol–water partition coefficient (Wildman–Crippen LogP) is 3.89. The molecule has 0 amide bonds. The molecule has 0 saturated carbocycles. The SMILES string of the molecule is CC(c1ccccc1Cl)N1CCCCC1. The summed E-state index contributed by atoms with van der Waals surface area (Å²) in [4.78, 5) is 2.53. The van der Waals surface area contributed by atoms with Gasteiger partial charge >= 0.3 is 0 Å². The minimum Gasteiger partial charge on any atom is -0.297 e. The van der Waals surface area contributed by atoms with Crippen LogP contribution in [-0.4, -0.2) is 18.0 Å². The third-order valence-corrected chi connectivity index (χ3v) is 3.64. The molecule has 0 bridgehead atoms. The molecular weight excluding hydrogens is 206 g/mol. The van der Waals surface area contributed by atoms with Crippen molar-refractivity contribution in [3.63, 3.8) is 0 Å². The number of hydrogen-bond acceptors (Lipinski definition) is 1. The van der Waals surface area contributed by atoms with Gasteiger partial charge < -0.3 is 0 Å². The molecule has 15 heavy (non-hydrogen) atoms. The zero-order valence-electron chi connectivity index (χ0n) is 9.25. The average molecular weight is 224 g/mol. The quantitative estimate of drug-likeness (QED) is 0.736. The van der Waals surface area contributed by atoms with Crippen LogP contribution >= 0.6 is 11.6 Å².